The average molecular weight is 2080 g/mol. The molecule has 0 radical (unpaired) electrons. The molecular formula is C108H131F4I2LiN12O9. The molecule has 2 atom stereocenters. The number of anilines is 6. The van der Waals surface area contributed by atoms with Crippen LogP contribution in [0.1, 0.15) is 143 Å². The first kappa shape index (κ1) is 113. The third-order valence-electron chi connectivity index (χ3n) is 24.4. The molecule has 5 saturated heterocycles. The Morgan fingerprint density at radius 2 is 0.765 bits per heavy atom. The molecule has 0 saturated carbocycles. The molecule has 5 aliphatic heterocycles. The number of aliphatic hydroxyl groups is 2. The standard InChI is InChI=1S/C22H27FN2O2.C21H25FN2O2.C21H23FN2O.C15H20N2O2.C9H18N2O.C8H8INO.C6H4F.C6H6IN.Li/c1-16(26)25(3)21-9-7-17(8-10-21)22(27,18-11-13-24(2)14-12-18)19-5-4-6-20(23)15-19;1-15(25)23-20-8-6-16(7-9-20)21(26,17-10-12-24(2)13-11-17)18-4-3-5-19(22)14-18;1-15(25)24(2)20-8-6-16(7-9-20)21(17-10-12-23-13-11-17)18-4-3-5-19(22)14-18;1-11(18)16-14-5-3-12(4-6-14)15(19)13-7-9-17(2)10-8-13;1-10(2)9(12)8-4-6-11(3)7-5-8;1-6(11)10-8-4-2-7(9)3-5-8;7-6-4-2-1-3-5-6;7-5-1-3-6(8)4-2-5;/h4-10,15,18,27H,11-14H2,1-3H3;3-9,14,17,26H,10-13H2,1-2H3,(H,23,25);3-9,14,23H,10-13H2,1-2H3;3-6,13H,7-10H2,1-2H3,(H,16,18);8H,4-7H2,1-3H3;2-5H,1H3,(H,10,11);1-2,4-5H;1-4H,8H2;/q;;;;;;-1;;+1. The van der Waals surface area contributed by atoms with E-state index in [4.69, 9.17) is 5.73 Å². The van der Waals surface area contributed by atoms with Crippen LogP contribution in [0, 0.1) is 60.1 Å². The van der Waals surface area contributed by atoms with E-state index in [-0.39, 0.29) is 101 Å². The summed E-state index contributed by atoms with van der Waals surface area (Å²) in [5, 5.41) is 35.1. The van der Waals surface area contributed by atoms with Crippen LogP contribution < -0.4 is 55.7 Å². The summed E-state index contributed by atoms with van der Waals surface area (Å²) < 4.78 is 55.9. The topological polar surface area (TPSA) is 257 Å². The summed E-state index contributed by atoms with van der Waals surface area (Å²) in [6.45, 7) is 17.0. The van der Waals surface area contributed by atoms with Gasteiger partial charge >= 0.3 is 18.9 Å². The Hall–Kier alpha value is -10.3. The third kappa shape index (κ3) is 35.9. The van der Waals surface area contributed by atoms with Crippen molar-refractivity contribution in [1.82, 2.24) is 29.8 Å². The first-order chi connectivity index (χ1) is 64.3. The van der Waals surface area contributed by atoms with Crippen LogP contribution in [-0.2, 0) is 40.0 Å². The van der Waals surface area contributed by atoms with Gasteiger partial charge in [0.15, 0.2) is 5.78 Å². The van der Waals surface area contributed by atoms with Crippen molar-refractivity contribution in [3.63, 3.8) is 0 Å². The molecule has 5 heterocycles. The van der Waals surface area contributed by atoms with Crippen LogP contribution in [0.25, 0.3) is 5.57 Å². The SMILES string of the molecule is CC(=O)N(C)c1ccc(C(=C2CCNCC2)c2cccc(F)c2)cc1.CC(=O)N(C)c1ccc(C(O)(c2cccc(F)c2)C2CCN(C)CC2)cc1.CC(=O)Nc1ccc(C(=O)C2CCN(C)CC2)cc1.CC(=O)Nc1ccc(C(O)(c2cccc(F)c2)C2CCN(C)CC2)cc1.CC(=O)Nc1ccc(I)cc1.CN1CCC(C(=O)N(C)C)CC1.Fc1c[c-]ccc1.Nc1ccc(I)cc1.[Li+]. The van der Waals surface area contributed by atoms with Gasteiger partial charge < -0.3 is 71.5 Å². The molecule has 10 aromatic rings. The van der Waals surface area contributed by atoms with Crippen LogP contribution in [0.15, 0.2) is 248 Å². The monoisotopic (exact) mass is 2080 g/mol. The van der Waals surface area contributed by atoms with Gasteiger partial charge in [0.2, 0.25) is 35.4 Å². The number of halogens is 6. The predicted octanol–water partition coefficient (Wildman–Crippen LogP) is 16.1. The predicted molar refractivity (Wildman–Crippen MR) is 552 cm³/mol. The maximum absolute atomic E-state index is 13.9. The molecule has 10 aromatic carbocycles. The number of piperidine rings is 5. The Labute approximate surface area is 840 Å². The van der Waals surface area contributed by atoms with Crippen LogP contribution in [0.3, 0.4) is 0 Å². The molecule has 136 heavy (non-hydrogen) atoms. The van der Waals surface area contributed by atoms with Gasteiger partial charge in [-0.3, -0.25) is 38.0 Å². The second-order valence-electron chi connectivity index (χ2n) is 34.9. The Morgan fingerprint density at radius 1 is 0.419 bits per heavy atom. The van der Waals surface area contributed by atoms with Crippen molar-refractivity contribution < 1.29 is 80.2 Å². The Balaban J connectivity index is 0.000000219. The van der Waals surface area contributed by atoms with Crippen molar-refractivity contribution in [2.75, 3.05) is 153 Å². The second kappa shape index (κ2) is 56.6. The summed E-state index contributed by atoms with van der Waals surface area (Å²) in [7, 11) is 15.5. The molecule has 2 unspecified atom stereocenters. The van der Waals surface area contributed by atoms with Gasteiger partial charge in [0.05, 0.1) is 0 Å². The molecule has 8 N–H and O–H groups in total. The van der Waals surface area contributed by atoms with Crippen molar-refractivity contribution in [3.8, 4) is 0 Å². The van der Waals surface area contributed by atoms with Crippen molar-refractivity contribution in [2.45, 2.75) is 110 Å². The van der Waals surface area contributed by atoms with Crippen LogP contribution in [0.5, 0.6) is 0 Å². The van der Waals surface area contributed by atoms with Gasteiger partial charge in [-0.1, -0.05) is 78.4 Å². The van der Waals surface area contributed by atoms with Crippen LogP contribution in [0.4, 0.5) is 51.7 Å². The molecule has 0 aromatic heterocycles. The summed E-state index contributed by atoms with van der Waals surface area (Å²) in [6.07, 6.45) is 9.15. The number of rotatable bonds is 16. The van der Waals surface area contributed by atoms with Crippen LogP contribution in [0.2, 0.25) is 0 Å². The maximum atomic E-state index is 13.9. The number of benzene rings is 10. The molecule has 28 heteroatoms. The fourth-order valence-electron chi connectivity index (χ4n) is 16.6. The molecule has 15 rings (SSSR count). The number of nitrogens with two attached hydrogens (primary N) is 1. The van der Waals surface area contributed by atoms with E-state index < -0.39 is 11.2 Å². The van der Waals surface area contributed by atoms with Gasteiger partial charge in [0.25, 0.3) is 0 Å². The summed E-state index contributed by atoms with van der Waals surface area (Å²) >= 11 is 4.46. The minimum atomic E-state index is -1.27. The molecule has 720 valence electrons. The number of ketones is 1. The zero-order valence-electron chi connectivity index (χ0n) is 80.8. The number of nitrogens with zero attached hydrogens (tertiary/aromatic N) is 7. The molecule has 0 aliphatic carbocycles. The van der Waals surface area contributed by atoms with Gasteiger partial charge in [0, 0.05) is 127 Å². The number of nitrogens with one attached hydrogen (secondary N) is 4. The number of nitrogen functional groups attached to an aromatic ring is 1. The number of likely N-dealkylation sites (tertiary alicyclic amines) is 4. The number of Topliss-reactive ketones (excluding diaryl/α,β-unsaturated/α-hetero) is 1. The van der Waals surface area contributed by atoms with Gasteiger partial charge in [0.1, 0.15) is 28.7 Å². The summed E-state index contributed by atoms with van der Waals surface area (Å²) in [5.41, 5.74) is 15.3. The first-order valence-corrected chi connectivity index (χ1v) is 47.7. The summed E-state index contributed by atoms with van der Waals surface area (Å²) in [4.78, 5) is 93.6. The van der Waals surface area contributed by atoms with Crippen molar-refractivity contribution >= 4 is 126 Å². The minimum Gasteiger partial charge on any atom is -0.399 e. The third-order valence-corrected chi connectivity index (χ3v) is 25.9. The Kier molecular flexibility index (Phi) is 46.9. The van der Waals surface area contributed by atoms with E-state index in [0.29, 0.717) is 28.3 Å². The minimum absolute atomic E-state index is 0. The average Bonchev–Trinajstić information content (AvgIpc) is 0.762. The Morgan fingerprint density at radius 3 is 1.12 bits per heavy atom. The van der Waals surface area contributed by atoms with Gasteiger partial charge in [-0.05, 0) is 399 Å². The molecular weight excluding hydrogens is 1950 g/mol. The number of carbonyl (C=O) groups excluding carboxylic acids is 7. The number of hydrogen-bond donors (Lipinski definition) is 7. The van der Waals surface area contributed by atoms with Crippen LogP contribution >= 0.6 is 45.2 Å². The molecule has 21 nitrogen and oxygen atoms in total. The van der Waals surface area contributed by atoms with Gasteiger partial charge in [-0.2, -0.15) is 18.2 Å². The summed E-state index contributed by atoms with van der Waals surface area (Å²) in [5.74, 6) is -0.596. The first-order valence-electron chi connectivity index (χ1n) is 45.6. The maximum Gasteiger partial charge on any atom is 1.00 e. The van der Waals surface area contributed by atoms with Gasteiger partial charge in [-0.25, -0.2) is 13.2 Å². The fraction of sp³-hybridized carbons (Fsp3) is 0.361. The summed E-state index contributed by atoms with van der Waals surface area (Å²) in [6, 6.07) is 72.8. The molecule has 0 bridgehead atoms. The molecule has 0 spiro atoms. The normalized spacial score (nSPS) is 15.7. The van der Waals surface area contributed by atoms with Gasteiger partial charge in [-0.15, -0.1) is 12.1 Å². The van der Waals surface area contributed by atoms with E-state index >= 15 is 0 Å². The van der Waals surface area contributed by atoms with Crippen molar-refractivity contribution in [2.24, 2.45) is 23.7 Å². The largest absolute Gasteiger partial charge is 1.00 e. The Bertz CT molecular complexity index is 5430. The quantitative estimate of drug-likeness (QED) is 0.0119. The smallest absolute Gasteiger partial charge is 0.399 e. The van der Waals surface area contributed by atoms with Crippen molar-refractivity contribution in [1.29, 1.82) is 0 Å². The molecule has 5 aliphatic rings. The van der Waals surface area contributed by atoms with E-state index in [2.05, 4.69) is 120 Å². The zero-order valence-corrected chi connectivity index (χ0v) is 85.1. The van der Waals surface area contributed by atoms with Crippen molar-refractivity contribution in [3.05, 3.63) is 324 Å². The fourth-order valence-corrected chi connectivity index (χ4v) is 17.3. The van der Waals surface area contributed by atoms with E-state index in [0.717, 1.165) is 189 Å². The van der Waals surface area contributed by atoms with E-state index in [9.17, 15) is 61.3 Å². The van der Waals surface area contributed by atoms with E-state index in [1.54, 1.807) is 121 Å². The molecule has 5 fully saturated rings. The van der Waals surface area contributed by atoms with E-state index in [1.165, 1.54) is 79.3 Å². The zero-order chi connectivity index (χ0) is 98.5. The number of carbonyl (C=O) groups is 7. The number of hydrogen-bond acceptors (Lipinski definition) is 15. The second-order valence-corrected chi connectivity index (χ2v) is 37.4. The molecule has 6 amide bonds. The van der Waals surface area contributed by atoms with E-state index in [1.807, 2.05) is 129 Å². The van der Waals surface area contributed by atoms with Crippen LogP contribution in [-0.4, -0.2) is 198 Å². The number of amides is 6.